The summed E-state index contributed by atoms with van der Waals surface area (Å²) in [7, 11) is -0.588. The van der Waals surface area contributed by atoms with Gasteiger partial charge in [-0.3, -0.25) is 4.79 Å². The predicted molar refractivity (Wildman–Crippen MR) is 87.0 cm³/mol. The highest BCUT2D eigenvalue weighted by molar-refractivity contribution is 6.62. The van der Waals surface area contributed by atoms with Crippen LogP contribution in [0.3, 0.4) is 0 Å². The largest absolute Gasteiger partial charge is 0.494 e. The van der Waals surface area contributed by atoms with Crippen LogP contribution in [0.2, 0.25) is 0 Å². The van der Waals surface area contributed by atoms with Gasteiger partial charge in [-0.25, -0.2) is 4.39 Å². The number of carbonyl (C=O) groups is 1. The normalized spacial score (nSPS) is 22.1. The lowest BCUT2D eigenvalue weighted by Gasteiger charge is -2.32. The van der Waals surface area contributed by atoms with Gasteiger partial charge in [-0.2, -0.15) is 0 Å². The van der Waals surface area contributed by atoms with Crippen molar-refractivity contribution in [3.05, 3.63) is 29.6 Å². The van der Waals surface area contributed by atoms with Gasteiger partial charge in [-0.05, 0) is 51.2 Å². The topological polar surface area (TPSA) is 38.8 Å². The maximum absolute atomic E-state index is 14.4. The first-order chi connectivity index (χ1) is 10.7. The predicted octanol–water partition coefficient (Wildman–Crippen LogP) is 1.90. The summed E-state index contributed by atoms with van der Waals surface area (Å²) in [5, 5.41) is 0. The molecule has 2 fully saturated rings. The molecule has 6 heteroatoms. The van der Waals surface area contributed by atoms with Crippen molar-refractivity contribution in [1.82, 2.24) is 4.90 Å². The minimum Gasteiger partial charge on any atom is -0.399 e. The third kappa shape index (κ3) is 3.02. The molecule has 0 aromatic heterocycles. The van der Waals surface area contributed by atoms with Gasteiger partial charge < -0.3 is 14.2 Å². The second-order valence-electron chi connectivity index (χ2n) is 7.35. The average Bonchev–Trinajstić information content (AvgIpc) is 2.59. The Morgan fingerprint density at radius 1 is 1.22 bits per heavy atom. The van der Waals surface area contributed by atoms with Crippen LogP contribution >= 0.6 is 0 Å². The second-order valence-corrected chi connectivity index (χ2v) is 7.35. The van der Waals surface area contributed by atoms with Gasteiger partial charge in [-0.1, -0.05) is 12.1 Å². The Balaban J connectivity index is 1.73. The van der Waals surface area contributed by atoms with Crippen molar-refractivity contribution in [3.63, 3.8) is 0 Å². The summed E-state index contributed by atoms with van der Waals surface area (Å²) in [6, 6.07) is 4.86. The Morgan fingerprint density at radius 3 is 2.30 bits per heavy atom. The van der Waals surface area contributed by atoms with Crippen LogP contribution in [0.25, 0.3) is 0 Å². The molecule has 0 saturated carbocycles. The van der Waals surface area contributed by atoms with E-state index in [2.05, 4.69) is 0 Å². The zero-order valence-electron chi connectivity index (χ0n) is 14.2. The van der Waals surface area contributed by atoms with Crippen molar-refractivity contribution in [2.24, 2.45) is 0 Å². The summed E-state index contributed by atoms with van der Waals surface area (Å²) in [6.45, 7) is 9.42. The lowest BCUT2D eigenvalue weighted by molar-refractivity contribution is -0.133. The van der Waals surface area contributed by atoms with Crippen LogP contribution < -0.4 is 5.46 Å². The van der Waals surface area contributed by atoms with E-state index in [4.69, 9.17) is 9.31 Å². The van der Waals surface area contributed by atoms with Crippen LogP contribution in [0.5, 0.6) is 0 Å². The maximum Gasteiger partial charge on any atom is 0.494 e. The quantitative estimate of drug-likeness (QED) is 0.799. The number of benzene rings is 1. The molecule has 3 rings (SSSR count). The summed E-state index contributed by atoms with van der Waals surface area (Å²) >= 11 is 0. The smallest absolute Gasteiger partial charge is 0.399 e. The molecule has 124 valence electrons. The van der Waals surface area contributed by atoms with E-state index < -0.39 is 18.3 Å². The molecule has 1 aromatic rings. The van der Waals surface area contributed by atoms with E-state index in [1.54, 1.807) is 17.0 Å². The molecule has 0 aliphatic carbocycles. The van der Waals surface area contributed by atoms with Crippen molar-refractivity contribution < 1.29 is 18.5 Å². The summed E-state index contributed by atoms with van der Waals surface area (Å²) in [5.41, 5.74) is 0.143. The highest BCUT2D eigenvalue weighted by Gasteiger charge is 2.51. The Bertz CT molecular complexity index is 612. The van der Waals surface area contributed by atoms with Crippen LogP contribution in [0.1, 0.15) is 39.7 Å². The molecule has 0 spiro atoms. The zero-order chi connectivity index (χ0) is 16.8. The van der Waals surface area contributed by atoms with Crippen LogP contribution in [-0.2, 0) is 20.5 Å². The number of carbonyl (C=O) groups excluding carboxylic acids is 1. The number of hydrogen-bond donors (Lipinski definition) is 0. The fourth-order valence-corrected chi connectivity index (χ4v) is 2.67. The van der Waals surface area contributed by atoms with Gasteiger partial charge in [0, 0.05) is 13.1 Å². The number of nitrogens with zero attached hydrogens (tertiary/aromatic N) is 1. The van der Waals surface area contributed by atoms with Crippen molar-refractivity contribution >= 4 is 18.5 Å². The summed E-state index contributed by atoms with van der Waals surface area (Å²) in [5.74, 6) is -0.399. The standard InChI is InChI=1S/C17H23BFNO3/c1-16(2)17(3,4)23-18(22-16)13-7-6-12(14(19)11-13)10-15(21)20-8-5-9-20/h6-7,11H,5,8-10H2,1-4H3. The van der Waals surface area contributed by atoms with Gasteiger partial charge in [0.05, 0.1) is 17.6 Å². The lowest BCUT2D eigenvalue weighted by Crippen LogP contribution is -2.43. The monoisotopic (exact) mass is 319 g/mol. The number of halogens is 1. The highest BCUT2D eigenvalue weighted by Crippen LogP contribution is 2.36. The fourth-order valence-electron chi connectivity index (χ4n) is 2.67. The van der Waals surface area contributed by atoms with Gasteiger partial charge >= 0.3 is 7.12 Å². The van der Waals surface area contributed by atoms with Crippen LogP contribution in [0.15, 0.2) is 18.2 Å². The van der Waals surface area contributed by atoms with Crippen molar-refractivity contribution in [1.29, 1.82) is 0 Å². The third-order valence-electron chi connectivity index (χ3n) is 5.15. The number of likely N-dealkylation sites (tertiary alicyclic amines) is 1. The molecule has 0 unspecified atom stereocenters. The van der Waals surface area contributed by atoms with Crippen LogP contribution in [-0.4, -0.2) is 42.2 Å². The Hall–Kier alpha value is -1.40. The van der Waals surface area contributed by atoms with E-state index in [1.807, 2.05) is 27.7 Å². The van der Waals surface area contributed by atoms with Gasteiger partial charge in [0.2, 0.25) is 5.91 Å². The fraction of sp³-hybridized carbons (Fsp3) is 0.588. The molecule has 2 heterocycles. The number of rotatable bonds is 3. The van der Waals surface area contributed by atoms with Crippen LogP contribution in [0.4, 0.5) is 4.39 Å². The highest BCUT2D eigenvalue weighted by atomic mass is 19.1. The molecule has 1 aromatic carbocycles. The maximum atomic E-state index is 14.4. The number of hydrogen-bond acceptors (Lipinski definition) is 3. The molecule has 0 atom stereocenters. The SMILES string of the molecule is CC1(C)OB(c2ccc(CC(=O)N3CCC3)c(F)c2)OC1(C)C. The molecular weight excluding hydrogens is 296 g/mol. The summed E-state index contributed by atoms with van der Waals surface area (Å²) in [6.07, 6.45) is 1.14. The van der Waals surface area contributed by atoms with Gasteiger partial charge in [0.15, 0.2) is 0 Å². The van der Waals surface area contributed by atoms with E-state index >= 15 is 0 Å². The first-order valence-corrected chi connectivity index (χ1v) is 8.11. The average molecular weight is 319 g/mol. The van der Waals surface area contributed by atoms with E-state index in [-0.39, 0.29) is 18.1 Å². The molecule has 2 aliphatic rings. The zero-order valence-corrected chi connectivity index (χ0v) is 14.2. The number of amides is 1. The lowest BCUT2D eigenvalue weighted by atomic mass is 9.78. The van der Waals surface area contributed by atoms with Gasteiger partial charge in [0.1, 0.15) is 5.82 Å². The molecule has 2 aliphatic heterocycles. The first kappa shape index (κ1) is 16.5. The van der Waals surface area contributed by atoms with E-state index in [1.165, 1.54) is 6.07 Å². The van der Waals surface area contributed by atoms with Crippen molar-refractivity contribution in [2.45, 2.75) is 51.7 Å². The van der Waals surface area contributed by atoms with E-state index in [9.17, 15) is 9.18 Å². The van der Waals surface area contributed by atoms with E-state index in [0.29, 0.717) is 11.0 Å². The first-order valence-electron chi connectivity index (χ1n) is 8.11. The van der Waals surface area contributed by atoms with E-state index in [0.717, 1.165) is 19.5 Å². The molecule has 0 bridgehead atoms. The van der Waals surface area contributed by atoms with Crippen LogP contribution in [0, 0.1) is 5.82 Å². The molecule has 0 radical (unpaired) electrons. The molecule has 1 amide bonds. The molecule has 0 N–H and O–H groups in total. The second kappa shape index (κ2) is 5.60. The summed E-state index contributed by atoms with van der Waals surface area (Å²) in [4.78, 5) is 13.7. The summed E-state index contributed by atoms with van der Waals surface area (Å²) < 4.78 is 26.2. The van der Waals surface area contributed by atoms with Gasteiger partial charge in [-0.15, -0.1) is 0 Å². The third-order valence-corrected chi connectivity index (χ3v) is 5.15. The van der Waals surface area contributed by atoms with Crippen molar-refractivity contribution in [2.75, 3.05) is 13.1 Å². The Labute approximate surface area is 137 Å². The Kier molecular flexibility index (Phi) is 4.01. The molecular formula is C17H23BFNO3. The van der Waals surface area contributed by atoms with Gasteiger partial charge in [0.25, 0.3) is 0 Å². The minimum absolute atomic E-state index is 0.0152. The Morgan fingerprint density at radius 2 is 1.83 bits per heavy atom. The van der Waals surface area contributed by atoms with Crippen molar-refractivity contribution in [3.8, 4) is 0 Å². The molecule has 4 nitrogen and oxygen atoms in total. The molecule has 2 saturated heterocycles. The minimum atomic E-state index is -0.588. The molecule has 23 heavy (non-hydrogen) atoms.